The topological polar surface area (TPSA) is 63.2 Å². The zero-order valence-corrected chi connectivity index (χ0v) is 11.2. The molecule has 0 radical (unpaired) electrons. The summed E-state index contributed by atoms with van der Waals surface area (Å²) < 4.78 is 26.6. The lowest BCUT2D eigenvalue weighted by Gasteiger charge is -2.07. The molecule has 0 saturated carbocycles. The second kappa shape index (κ2) is 5.95. The Morgan fingerprint density at radius 1 is 1.05 bits per heavy atom. The predicted octanol–water partition coefficient (Wildman–Crippen LogP) is 2.10. The van der Waals surface area contributed by atoms with E-state index in [0.29, 0.717) is 12.8 Å². The molecule has 5 heteroatoms. The molecule has 2 aromatic rings. The van der Waals surface area contributed by atoms with Crippen molar-refractivity contribution in [2.45, 2.75) is 17.7 Å². The van der Waals surface area contributed by atoms with Gasteiger partial charge in [0.25, 0.3) is 0 Å². The molecule has 19 heavy (non-hydrogen) atoms. The number of hydrogen-bond acceptors (Lipinski definition) is 3. The van der Waals surface area contributed by atoms with Crippen LogP contribution in [0.4, 0.5) is 0 Å². The van der Waals surface area contributed by atoms with Gasteiger partial charge in [-0.2, -0.15) is 0 Å². The number of benzene rings is 2. The highest BCUT2D eigenvalue weighted by Crippen LogP contribution is 2.18. The molecule has 4 nitrogen and oxygen atoms in total. The highest BCUT2D eigenvalue weighted by Gasteiger charge is 2.13. The Kier molecular flexibility index (Phi) is 4.29. The summed E-state index contributed by atoms with van der Waals surface area (Å²) in [4.78, 5) is 10.4. The number of hydrogen-bond donors (Lipinski definition) is 1. The number of unbranched alkanes of at least 4 members (excludes halogenated alkanes) is 1. The summed E-state index contributed by atoms with van der Waals surface area (Å²) in [7, 11) is -3.50. The molecule has 100 valence electrons. The van der Waals surface area contributed by atoms with Crippen LogP contribution < -0.4 is 4.72 Å². The Morgan fingerprint density at radius 2 is 1.79 bits per heavy atom. The van der Waals surface area contributed by atoms with E-state index in [1.165, 1.54) is 0 Å². The summed E-state index contributed by atoms with van der Waals surface area (Å²) in [6, 6.07) is 12.6. The number of sulfonamides is 1. The van der Waals surface area contributed by atoms with Crippen molar-refractivity contribution in [3.8, 4) is 0 Å². The zero-order chi connectivity index (χ0) is 13.7. The number of carbonyl (C=O) groups excluding carboxylic acids is 1. The fraction of sp³-hybridized carbons (Fsp3) is 0.214. The Labute approximate surface area is 112 Å². The summed E-state index contributed by atoms with van der Waals surface area (Å²) in [5.41, 5.74) is 0. The van der Waals surface area contributed by atoms with Crippen LogP contribution in [0.25, 0.3) is 10.8 Å². The van der Waals surface area contributed by atoms with Gasteiger partial charge in [0.2, 0.25) is 10.0 Å². The van der Waals surface area contributed by atoms with Crippen molar-refractivity contribution in [3.63, 3.8) is 0 Å². The van der Waals surface area contributed by atoms with Gasteiger partial charge in [-0.15, -0.1) is 0 Å². The van der Waals surface area contributed by atoms with Crippen molar-refractivity contribution in [3.05, 3.63) is 42.5 Å². The molecule has 0 heterocycles. The third-order valence-corrected chi connectivity index (χ3v) is 4.28. The number of carbonyl (C=O) groups is 1. The number of fused-ring (bicyclic) bond motifs is 1. The van der Waals surface area contributed by atoms with Crippen LogP contribution in [-0.4, -0.2) is 21.2 Å². The molecule has 0 unspecified atom stereocenters. The second-order valence-corrected chi connectivity index (χ2v) is 5.98. The Hall–Kier alpha value is -1.72. The lowest BCUT2D eigenvalue weighted by molar-refractivity contribution is -0.107. The first-order valence-corrected chi connectivity index (χ1v) is 7.54. The van der Waals surface area contributed by atoms with E-state index in [-0.39, 0.29) is 11.4 Å². The van der Waals surface area contributed by atoms with E-state index in [1.807, 2.05) is 24.3 Å². The monoisotopic (exact) mass is 277 g/mol. The largest absolute Gasteiger partial charge is 0.303 e. The van der Waals surface area contributed by atoms with Gasteiger partial charge >= 0.3 is 0 Å². The minimum Gasteiger partial charge on any atom is -0.303 e. The molecule has 0 fully saturated rings. The molecule has 1 N–H and O–H groups in total. The number of rotatable bonds is 6. The Bertz CT molecular complexity index is 680. The molecule has 0 amide bonds. The summed E-state index contributed by atoms with van der Waals surface area (Å²) in [6.07, 6.45) is 1.65. The highest BCUT2D eigenvalue weighted by molar-refractivity contribution is 7.89. The van der Waals surface area contributed by atoms with Crippen molar-refractivity contribution in [2.24, 2.45) is 0 Å². The minimum absolute atomic E-state index is 0.248. The van der Waals surface area contributed by atoms with Crippen LogP contribution in [-0.2, 0) is 14.8 Å². The van der Waals surface area contributed by atoms with Crippen LogP contribution in [0.15, 0.2) is 47.4 Å². The van der Waals surface area contributed by atoms with Gasteiger partial charge in [-0.3, -0.25) is 0 Å². The van der Waals surface area contributed by atoms with E-state index in [0.717, 1.165) is 17.1 Å². The SMILES string of the molecule is O=CCCCNS(=O)(=O)c1ccc2ccccc2c1. The van der Waals surface area contributed by atoms with Crippen LogP contribution in [0, 0.1) is 0 Å². The maximum Gasteiger partial charge on any atom is 0.240 e. The normalized spacial score (nSPS) is 11.6. The summed E-state index contributed by atoms with van der Waals surface area (Å²) in [5.74, 6) is 0. The number of aldehydes is 1. The van der Waals surface area contributed by atoms with Crippen molar-refractivity contribution >= 4 is 27.1 Å². The van der Waals surface area contributed by atoms with Crippen LogP contribution in [0.3, 0.4) is 0 Å². The molecular weight excluding hydrogens is 262 g/mol. The average Bonchev–Trinajstić information content (AvgIpc) is 2.43. The van der Waals surface area contributed by atoms with Crippen molar-refractivity contribution in [2.75, 3.05) is 6.54 Å². The van der Waals surface area contributed by atoms with Crippen LogP contribution in [0.1, 0.15) is 12.8 Å². The first-order chi connectivity index (χ1) is 9.13. The molecule has 0 aromatic heterocycles. The Morgan fingerprint density at radius 3 is 2.53 bits per heavy atom. The third kappa shape index (κ3) is 3.39. The molecule has 0 saturated heterocycles. The molecular formula is C14H15NO3S. The van der Waals surface area contributed by atoms with Gasteiger partial charge in [0.15, 0.2) is 0 Å². The van der Waals surface area contributed by atoms with Gasteiger partial charge in [0, 0.05) is 13.0 Å². The fourth-order valence-electron chi connectivity index (χ4n) is 1.81. The fourth-order valence-corrected chi connectivity index (χ4v) is 2.92. The standard InChI is InChI=1S/C14H15NO3S/c16-10-4-3-9-15-19(17,18)14-8-7-12-5-1-2-6-13(12)11-14/h1-2,5-8,10-11,15H,3-4,9H2. The van der Waals surface area contributed by atoms with Crippen LogP contribution in [0.2, 0.25) is 0 Å². The quantitative estimate of drug-likeness (QED) is 0.649. The Balaban J connectivity index is 2.20. The van der Waals surface area contributed by atoms with Crippen molar-refractivity contribution < 1.29 is 13.2 Å². The van der Waals surface area contributed by atoms with Gasteiger partial charge in [0.05, 0.1) is 4.90 Å². The molecule has 0 aliphatic carbocycles. The van der Waals surface area contributed by atoms with E-state index in [9.17, 15) is 13.2 Å². The van der Waals surface area contributed by atoms with Gasteiger partial charge < -0.3 is 4.79 Å². The van der Waals surface area contributed by atoms with E-state index in [4.69, 9.17) is 0 Å². The van der Waals surface area contributed by atoms with Gasteiger partial charge in [-0.25, -0.2) is 13.1 Å². The van der Waals surface area contributed by atoms with E-state index < -0.39 is 10.0 Å². The molecule has 0 bridgehead atoms. The summed E-state index contributed by atoms with van der Waals surface area (Å²) >= 11 is 0. The zero-order valence-electron chi connectivity index (χ0n) is 10.4. The van der Waals surface area contributed by atoms with E-state index in [2.05, 4.69) is 4.72 Å². The second-order valence-electron chi connectivity index (χ2n) is 4.22. The maximum atomic E-state index is 12.0. The molecule has 2 rings (SSSR count). The van der Waals surface area contributed by atoms with Crippen LogP contribution in [0.5, 0.6) is 0 Å². The molecule has 2 aromatic carbocycles. The van der Waals surface area contributed by atoms with Gasteiger partial charge in [-0.1, -0.05) is 30.3 Å². The van der Waals surface area contributed by atoms with Gasteiger partial charge in [0.1, 0.15) is 6.29 Å². The maximum absolute atomic E-state index is 12.0. The molecule has 0 aliphatic rings. The van der Waals surface area contributed by atoms with E-state index >= 15 is 0 Å². The van der Waals surface area contributed by atoms with E-state index in [1.54, 1.807) is 18.2 Å². The molecule has 0 spiro atoms. The molecule has 0 atom stereocenters. The first-order valence-electron chi connectivity index (χ1n) is 6.05. The molecule has 0 aliphatic heterocycles. The van der Waals surface area contributed by atoms with Gasteiger partial charge in [-0.05, 0) is 29.3 Å². The lowest BCUT2D eigenvalue weighted by Crippen LogP contribution is -2.24. The third-order valence-electron chi connectivity index (χ3n) is 2.82. The summed E-state index contributed by atoms with van der Waals surface area (Å²) in [5, 5.41) is 1.89. The predicted molar refractivity (Wildman–Crippen MR) is 74.4 cm³/mol. The lowest BCUT2D eigenvalue weighted by atomic mass is 10.1. The van der Waals surface area contributed by atoms with Crippen LogP contribution >= 0.6 is 0 Å². The number of nitrogens with one attached hydrogen (secondary N) is 1. The van der Waals surface area contributed by atoms with Crippen molar-refractivity contribution in [1.29, 1.82) is 0 Å². The smallest absolute Gasteiger partial charge is 0.240 e. The highest BCUT2D eigenvalue weighted by atomic mass is 32.2. The summed E-state index contributed by atoms with van der Waals surface area (Å²) in [6.45, 7) is 0.272. The first kappa shape index (κ1) is 13.7. The average molecular weight is 277 g/mol. The van der Waals surface area contributed by atoms with Crippen molar-refractivity contribution in [1.82, 2.24) is 4.72 Å². The minimum atomic E-state index is -3.50.